The summed E-state index contributed by atoms with van der Waals surface area (Å²) in [6.45, 7) is 4.96. The molecule has 2 atom stereocenters. The van der Waals surface area contributed by atoms with Gasteiger partial charge in [-0.15, -0.1) is 0 Å². The van der Waals surface area contributed by atoms with Crippen LogP contribution in [0.4, 0.5) is 0 Å². The summed E-state index contributed by atoms with van der Waals surface area (Å²) in [7, 11) is 1.76. The third kappa shape index (κ3) is 3.55. The fourth-order valence-corrected chi connectivity index (χ4v) is 2.61. The van der Waals surface area contributed by atoms with Crippen LogP contribution in [-0.4, -0.2) is 42.3 Å². The van der Waals surface area contributed by atoms with Crippen molar-refractivity contribution >= 4 is 5.97 Å². The van der Waals surface area contributed by atoms with Crippen molar-refractivity contribution in [2.75, 3.05) is 20.2 Å². The Morgan fingerprint density at radius 1 is 1.53 bits per heavy atom. The lowest BCUT2D eigenvalue weighted by Gasteiger charge is -2.36. The van der Waals surface area contributed by atoms with E-state index in [2.05, 4.69) is 11.8 Å². The number of methoxy groups -OCH3 is 1. The molecule has 2 rings (SSSR count). The second kappa shape index (κ2) is 6.17. The molecule has 1 saturated heterocycles. The molecule has 2 unspecified atom stereocenters. The minimum atomic E-state index is -0.871. The third-order valence-electron chi connectivity index (χ3n) is 3.86. The molecule has 0 bridgehead atoms. The van der Waals surface area contributed by atoms with Gasteiger partial charge in [0.05, 0.1) is 11.7 Å². The quantitative estimate of drug-likeness (QED) is 0.905. The van der Waals surface area contributed by atoms with Gasteiger partial charge in [-0.2, -0.15) is 0 Å². The molecule has 1 N–H and O–H groups in total. The molecule has 0 aliphatic carbocycles. The fraction of sp³-hybridized carbons (Fsp3) is 0.533. The molecule has 0 radical (unpaired) electrons. The van der Waals surface area contributed by atoms with Gasteiger partial charge < -0.3 is 9.84 Å². The summed E-state index contributed by atoms with van der Waals surface area (Å²) in [5.41, 5.74) is 1.40. The molecule has 4 nitrogen and oxygen atoms in total. The first-order valence-corrected chi connectivity index (χ1v) is 6.67. The number of rotatable bonds is 4. The first kappa shape index (κ1) is 14.0. The number of likely N-dealkylation sites (tertiary alicyclic amines) is 1. The van der Waals surface area contributed by atoms with Crippen LogP contribution in [0.1, 0.15) is 29.3 Å². The van der Waals surface area contributed by atoms with Crippen molar-refractivity contribution in [2.24, 2.45) is 5.92 Å². The molecular formula is C15H21NO3. The van der Waals surface area contributed by atoms with Crippen molar-refractivity contribution in [3.8, 4) is 0 Å². The van der Waals surface area contributed by atoms with E-state index < -0.39 is 5.97 Å². The maximum Gasteiger partial charge on any atom is 0.335 e. The number of carboxylic acids is 1. The van der Waals surface area contributed by atoms with Gasteiger partial charge in [0.25, 0.3) is 0 Å². The summed E-state index contributed by atoms with van der Waals surface area (Å²) in [5, 5.41) is 9.00. The van der Waals surface area contributed by atoms with Crippen LogP contribution in [-0.2, 0) is 11.3 Å². The van der Waals surface area contributed by atoms with Crippen LogP contribution in [0.2, 0.25) is 0 Å². The largest absolute Gasteiger partial charge is 0.478 e. The van der Waals surface area contributed by atoms with Crippen molar-refractivity contribution in [1.29, 1.82) is 0 Å². The van der Waals surface area contributed by atoms with E-state index in [1.807, 2.05) is 6.07 Å². The van der Waals surface area contributed by atoms with Gasteiger partial charge in [0.15, 0.2) is 0 Å². The van der Waals surface area contributed by atoms with Crippen LogP contribution in [0.25, 0.3) is 0 Å². The van der Waals surface area contributed by atoms with Crippen molar-refractivity contribution in [2.45, 2.75) is 26.0 Å². The lowest BCUT2D eigenvalue weighted by atomic mass is 9.95. The van der Waals surface area contributed by atoms with Crippen LogP contribution in [0.5, 0.6) is 0 Å². The number of hydrogen-bond donors (Lipinski definition) is 1. The van der Waals surface area contributed by atoms with Crippen LogP contribution in [0, 0.1) is 5.92 Å². The average Bonchev–Trinajstić information content (AvgIpc) is 2.41. The summed E-state index contributed by atoms with van der Waals surface area (Å²) in [6, 6.07) is 7.16. The average molecular weight is 263 g/mol. The van der Waals surface area contributed by atoms with E-state index in [-0.39, 0.29) is 6.10 Å². The normalized spacial score (nSPS) is 24.3. The van der Waals surface area contributed by atoms with E-state index in [0.717, 1.165) is 31.6 Å². The summed E-state index contributed by atoms with van der Waals surface area (Å²) in [6.07, 6.45) is 1.40. The summed E-state index contributed by atoms with van der Waals surface area (Å²) >= 11 is 0. The number of benzene rings is 1. The van der Waals surface area contributed by atoms with Gasteiger partial charge in [-0.3, -0.25) is 4.90 Å². The summed E-state index contributed by atoms with van der Waals surface area (Å²) in [4.78, 5) is 13.3. The maximum atomic E-state index is 11.0. The highest BCUT2D eigenvalue weighted by Crippen LogP contribution is 2.21. The van der Waals surface area contributed by atoms with Crippen molar-refractivity contribution in [1.82, 2.24) is 4.90 Å². The Hall–Kier alpha value is -1.39. The van der Waals surface area contributed by atoms with Crippen LogP contribution >= 0.6 is 0 Å². The van der Waals surface area contributed by atoms with Gasteiger partial charge in [-0.25, -0.2) is 4.79 Å². The highest BCUT2D eigenvalue weighted by Gasteiger charge is 2.25. The van der Waals surface area contributed by atoms with Gasteiger partial charge in [-0.1, -0.05) is 19.1 Å². The van der Waals surface area contributed by atoms with E-state index >= 15 is 0 Å². The molecule has 0 spiro atoms. The topological polar surface area (TPSA) is 49.8 Å². The molecule has 1 fully saturated rings. The number of aromatic carboxylic acids is 1. The predicted octanol–water partition coefficient (Wildman–Crippen LogP) is 2.24. The van der Waals surface area contributed by atoms with Crippen LogP contribution < -0.4 is 0 Å². The predicted molar refractivity (Wildman–Crippen MR) is 73.3 cm³/mol. The Morgan fingerprint density at radius 3 is 3.00 bits per heavy atom. The SMILES string of the molecule is COC1CN(Cc2cccc(C(=O)O)c2)CCC1C. The number of nitrogens with zero attached hydrogens (tertiary/aromatic N) is 1. The molecule has 1 heterocycles. The van der Waals surface area contributed by atoms with Gasteiger partial charge in [0.1, 0.15) is 0 Å². The van der Waals surface area contributed by atoms with Gasteiger partial charge >= 0.3 is 5.97 Å². The molecular weight excluding hydrogens is 242 g/mol. The first-order chi connectivity index (χ1) is 9.10. The highest BCUT2D eigenvalue weighted by molar-refractivity contribution is 5.87. The number of carboxylic acid groups (broad SMARTS) is 1. The lowest BCUT2D eigenvalue weighted by molar-refractivity contribution is -0.00745. The van der Waals surface area contributed by atoms with E-state index in [4.69, 9.17) is 9.84 Å². The summed E-state index contributed by atoms with van der Waals surface area (Å²) in [5.74, 6) is -0.282. The van der Waals surface area contributed by atoms with Crippen LogP contribution in [0.3, 0.4) is 0 Å². The standard InChI is InChI=1S/C15H21NO3/c1-11-6-7-16(10-14(11)19-2)9-12-4-3-5-13(8-12)15(17)18/h3-5,8,11,14H,6-7,9-10H2,1-2H3,(H,17,18). The minimum Gasteiger partial charge on any atom is -0.478 e. The molecule has 1 aliphatic heterocycles. The van der Waals surface area contributed by atoms with E-state index in [9.17, 15) is 4.79 Å². The maximum absolute atomic E-state index is 11.0. The molecule has 0 saturated carbocycles. The monoisotopic (exact) mass is 263 g/mol. The molecule has 0 aromatic heterocycles. The Morgan fingerprint density at radius 2 is 2.32 bits per heavy atom. The van der Waals surface area contributed by atoms with Crippen molar-refractivity contribution in [3.63, 3.8) is 0 Å². The molecule has 4 heteroatoms. The van der Waals surface area contributed by atoms with E-state index in [0.29, 0.717) is 11.5 Å². The molecule has 1 aromatic carbocycles. The Bertz CT molecular complexity index is 447. The zero-order chi connectivity index (χ0) is 13.8. The third-order valence-corrected chi connectivity index (χ3v) is 3.86. The molecule has 19 heavy (non-hydrogen) atoms. The van der Waals surface area contributed by atoms with E-state index in [1.54, 1.807) is 25.3 Å². The zero-order valence-corrected chi connectivity index (χ0v) is 11.5. The molecule has 1 aliphatic rings. The minimum absolute atomic E-state index is 0.274. The fourth-order valence-electron chi connectivity index (χ4n) is 2.61. The number of carbonyl (C=O) groups is 1. The number of ether oxygens (including phenoxy) is 1. The molecule has 104 valence electrons. The highest BCUT2D eigenvalue weighted by atomic mass is 16.5. The molecule has 0 amide bonds. The Balaban J connectivity index is 2.01. The van der Waals surface area contributed by atoms with Crippen LogP contribution in [0.15, 0.2) is 24.3 Å². The Labute approximate surface area is 114 Å². The second-order valence-electron chi connectivity index (χ2n) is 5.28. The van der Waals surface area contributed by atoms with Gasteiger partial charge in [0.2, 0.25) is 0 Å². The van der Waals surface area contributed by atoms with Gasteiger partial charge in [-0.05, 0) is 36.6 Å². The van der Waals surface area contributed by atoms with E-state index in [1.165, 1.54) is 0 Å². The second-order valence-corrected chi connectivity index (χ2v) is 5.28. The number of piperidine rings is 1. The first-order valence-electron chi connectivity index (χ1n) is 6.67. The number of hydrogen-bond acceptors (Lipinski definition) is 3. The zero-order valence-electron chi connectivity index (χ0n) is 11.5. The van der Waals surface area contributed by atoms with Gasteiger partial charge in [0, 0.05) is 20.2 Å². The molecule has 1 aromatic rings. The summed E-state index contributed by atoms with van der Waals surface area (Å²) < 4.78 is 5.50. The Kier molecular flexibility index (Phi) is 4.56. The van der Waals surface area contributed by atoms with Crippen molar-refractivity contribution < 1.29 is 14.6 Å². The van der Waals surface area contributed by atoms with Crippen molar-refractivity contribution in [3.05, 3.63) is 35.4 Å². The lowest BCUT2D eigenvalue weighted by Crippen LogP contribution is -2.43. The smallest absolute Gasteiger partial charge is 0.335 e.